The van der Waals surface area contributed by atoms with Gasteiger partial charge >= 0.3 is 0 Å². The van der Waals surface area contributed by atoms with Gasteiger partial charge in [0.25, 0.3) is 0 Å². The quantitative estimate of drug-likeness (QED) is 0.839. The average Bonchev–Trinajstić information content (AvgIpc) is 2.46. The van der Waals surface area contributed by atoms with E-state index in [9.17, 15) is 0 Å². The van der Waals surface area contributed by atoms with E-state index in [1.807, 2.05) is 0 Å². The number of hydrogen-bond acceptors (Lipinski definition) is 1. The Bertz CT molecular complexity index is 424. The molecule has 3 rings (SSSR count). The molecular weight excluding hydrogens is 242 g/mol. The maximum Gasteiger partial charge on any atom is -0.00120 e. The lowest BCUT2D eigenvalue weighted by molar-refractivity contribution is 0.0178. The van der Waals surface area contributed by atoms with Crippen LogP contribution in [0.5, 0.6) is 0 Å². The van der Waals surface area contributed by atoms with E-state index < -0.39 is 0 Å². The fourth-order valence-corrected chi connectivity index (χ4v) is 4.30. The smallest absolute Gasteiger partial charge is 0.00120 e. The molecular formula is C19H29N. The summed E-state index contributed by atoms with van der Waals surface area (Å²) in [5.41, 5.74) is 2.72. The molecule has 1 saturated heterocycles. The van der Waals surface area contributed by atoms with Crippen LogP contribution >= 0.6 is 0 Å². The maximum absolute atomic E-state index is 3.65. The molecule has 0 aromatic heterocycles. The summed E-state index contributed by atoms with van der Waals surface area (Å²) in [5.74, 6) is 0.828. The van der Waals surface area contributed by atoms with Crippen molar-refractivity contribution in [3.8, 4) is 0 Å². The molecule has 1 atom stereocenters. The summed E-state index contributed by atoms with van der Waals surface area (Å²) in [6.07, 6.45) is 8.36. The molecule has 1 saturated carbocycles. The summed E-state index contributed by atoms with van der Waals surface area (Å²) in [4.78, 5) is 0. The van der Waals surface area contributed by atoms with Gasteiger partial charge in [-0.05, 0) is 73.9 Å². The first-order valence-electron chi connectivity index (χ1n) is 8.34. The van der Waals surface area contributed by atoms with Crippen LogP contribution in [0.2, 0.25) is 0 Å². The van der Waals surface area contributed by atoms with Crippen molar-refractivity contribution in [2.45, 2.75) is 52.4 Å². The van der Waals surface area contributed by atoms with Crippen LogP contribution in [0.15, 0.2) is 30.3 Å². The minimum atomic E-state index is 0.577. The van der Waals surface area contributed by atoms with E-state index in [1.165, 1.54) is 57.2 Å². The lowest BCUT2D eigenvalue weighted by Crippen LogP contribution is -2.48. The number of hydrogen-bond donors (Lipinski definition) is 1. The van der Waals surface area contributed by atoms with Crippen molar-refractivity contribution in [3.63, 3.8) is 0 Å². The fourth-order valence-electron chi connectivity index (χ4n) is 4.30. The Labute approximate surface area is 124 Å². The summed E-state index contributed by atoms with van der Waals surface area (Å²) in [6, 6.07) is 11.1. The molecule has 1 unspecified atom stereocenters. The van der Waals surface area contributed by atoms with Gasteiger partial charge in [0, 0.05) is 0 Å². The third-order valence-electron chi connectivity index (χ3n) is 5.98. The molecule has 1 N–H and O–H groups in total. The minimum Gasteiger partial charge on any atom is -0.316 e. The molecule has 1 spiro atoms. The predicted molar refractivity (Wildman–Crippen MR) is 85.8 cm³/mol. The Morgan fingerprint density at radius 3 is 2.40 bits per heavy atom. The highest BCUT2D eigenvalue weighted by Gasteiger charge is 2.44. The van der Waals surface area contributed by atoms with Crippen molar-refractivity contribution in [3.05, 3.63) is 35.9 Å². The van der Waals surface area contributed by atoms with E-state index in [1.54, 1.807) is 0 Å². The lowest BCUT2D eigenvalue weighted by Gasteiger charge is -2.51. The molecule has 110 valence electrons. The molecule has 1 heteroatoms. The molecule has 2 fully saturated rings. The second-order valence-electron chi connectivity index (χ2n) is 7.87. The number of piperidine rings is 1. The molecule has 1 aromatic rings. The first-order chi connectivity index (χ1) is 9.60. The van der Waals surface area contributed by atoms with Crippen LogP contribution in [0.4, 0.5) is 0 Å². The van der Waals surface area contributed by atoms with Crippen LogP contribution in [0.1, 0.15) is 51.5 Å². The third kappa shape index (κ3) is 2.93. The first kappa shape index (κ1) is 14.1. The molecule has 1 aliphatic carbocycles. The molecule has 1 aromatic carbocycles. The van der Waals surface area contributed by atoms with Gasteiger partial charge in [0.2, 0.25) is 0 Å². The average molecular weight is 271 g/mol. The molecule has 2 aliphatic rings. The Morgan fingerprint density at radius 2 is 1.70 bits per heavy atom. The summed E-state index contributed by atoms with van der Waals surface area (Å²) < 4.78 is 0. The van der Waals surface area contributed by atoms with Gasteiger partial charge < -0.3 is 5.32 Å². The number of nitrogens with one attached hydrogen (secondary N) is 1. The Hall–Kier alpha value is -0.820. The predicted octanol–water partition coefficient (Wildman–Crippen LogP) is 4.43. The van der Waals surface area contributed by atoms with E-state index in [2.05, 4.69) is 49.5 Å². The lowest BCUT2D eigenvalue weighted by atomic mass is 9.57. The first-order valence-corrected chi connectivity index (χ1v) is 8.34. The molecule has 1 heterocycles. The van der Waals surface area contributed by atoms with Crippen molar-refractivity contribution in [1.29, 1.82) is 0 Å². The van der Waals surface area contributed by atoms with Crippen molar-refractivity contribution in [2.75, 3.05) is 13.1 Å². The zero-order valence-corrected chi connectivity index (χ0v) is 13.1. The van der Waals surface area contributed by atoms with Crippen LogP contribution in [-0.4, -0.2) is 13.1 Å². The Kier molecular flexibility index (Phi) is 3.90. The van der Waals surface area contributed by atoms with Gasteiger partial charge in [-0.15, -0.1) is 0 Å². The standard InChI is InChI=1S/C19H29N/c1-18(2)8-10-19(11-9-18)12-13-20-15-17(19)14-16-6-4-3-5-7-16/h3-7,17,20H,8-15H2,1-2H3. The van der Waals surface area contributed by atoms with Crippen LogP contribution in [-0.2, 0) is 6.42 Å². The van der Waals surface area contributed by atoms with Crippen molar-refractivity contribution < 1.29 is 0 Å². The highest BCUT2D eigenvalue weighted by atomic mass is 14.9. The summed E-state index contributed by atoms with van der Waals surface area (Å²) in [7, 11) is 0. The van der Waals surface area contributed by atoms with Gasteiger partial charge in [-0.25, -0.2) is 0 Å². The van der Waals surface area contributed by atoms with Crippen LogP contribution in [0.25, 0.3) is 0 Å². The molecule has 1 nitrogen and oxygen atoms in total. The zero-order chi connectivity index (χ0) is 14.1. The zero-order valence-electron chi connectivity index (χ0n) is 13.1. The molecule has 20 heavy (non-hydrogen) atoms. The second kappa shape index (κ2) is 5.52. The van der Waals surface area contributed by atoms with Gasteiger partial charge in [-0.3, -0.25) is 0 Å². The minimum absolute atomic E-state index is 0.577. The molecule has 0 amide bonds. The van der Waals surface area contributed by atoms with Crippen molar-refractivity contribution in [1.82, 2.24) is 5.32 Å². The van der Waals surface area contributed by atoms with Crippen LogP contribution in [0, 0.1) is 16.7 Å². The third-order valence-corrected chi connectivity index (χ3v) is 5.98. The van der Waals surface area contributed by atoms with Gasteiger partial charge in [0.05, 0.1) is 0 Å². The van der Waals surface area contributed by atoms with E-state index in [4.69, 9.17) is 0 Å². The maximum atomic E-state index is 3.65. The van der Waals surface area contributed by atoms with E-state index in [-0.39, 0.29) is 0 Å². The Balaban J connectivity index is 1.74. The number of rotatable bonds is 2. The van der Waals surface area contributed by atoms with Crippen molar-refractivity contribution in [2.24, 2.45) is 16.7 Å². The van der Waals surface area contributed by atoms with Gasteiger partial charge in [-0.2, -0.15) is 0 Å². The fraction of sp³-hybridized carbons (Fsp3) is 0.684. The van der Waals surface area contributed by atoms with Gasteiger partial charge in [0.15, 0.2) is 0 Å². The summed E-state index contributed by atoms with van der Waals surface area (Å²) >= 11 is 0. The molecule has 0 radical (unpaired) electrons. The highest BCUT2D eigenvalue weighted by Crippen LogP contribution is 2.52. The highest BCUT2D eigenvalue weighted by molar-refractivity contribution is 5.16. The van der Waals surface area contributed by atoms with E-state index in [0.29, 0.717) is 10.8 Å². The van der Waals surface area contributed by atoms with Crippen molar-refractivity contribution >= 4 is 0 Å². The van der Waals surface area contributed by atoms with Crippen LogP contribution in [0.3, 0.4) is 0 Å². The van der Waals surface area contributed by atoms with E-state index >= 15 is 0 Å². The van der Waals surface area contributed by atoms with E-state index in [0.717, 1.165) is 5.92 Å². The SMILES string of the molecule is CC1(C)CCC2(CCNCC2Cc2ccccc2)CC1. The molecule has 0 bridgehead atoms. The topological polar surface area (TPSA) is 12.0 Å². The van der Waals surface area contributed by atoms with Gasteiger partial charge in [-0.1, -0.05) is 44.2 Å². The summed E-state index contributed by atoms with van der Waals surface area (Å²) in [5, 5.41) is 3.65. The van der Waals surface area contributed by atoms with Crippen LogP contribution < -0.4 is 5.32 Å². The summed E-state index contributed by atoms with van der Waals surface area (Å²) in [6.45, 7) is 7.35. The van der Waals surface area contributed by atoms with Gasteiger partial charge in [0.1, 0.15) is 0 Å². The monoisotopic (exact) mass is 271 g/mol. The largest absolute Gasteiger partial charge is 0.316 e. The second-order valence-corrected chi connectivity index (χ2v) is 7.87. The molecule has 1 aliphatic heterocycles. The normalized spacial score (nSPS) is 28.4. The Morgan fingerprint density at radius 1 is 1.00 bits per heavy atom. The number of benzene rings is 1.